The molecule has 0 aliphatic heterocycles. The summed E-state index contributed by atoms with van der Waals surface area (Å²) in [4.78, 5) is 12.9. The zero-order valence-electron chi connectivity index (χ0n) is 15.5. The fraction of sp³-hybridized carbons (Fsp3) is 0.174. The van der Waals surface area contributed by atoms with Gasteiger partial charge in [0.15, 0.2) is 5.41 Å². The van der Waals surface area contributed by atoms with E-state index in [4.69, 9.17) is 4.42 Å². The van der Waals surface area contributed by atoms with E-state index < -0.39 is 22.4 Å². The highest BCUT2D eigenvalue weighted by molar-refractivity contribution is 5.84. The quantitative estimate of drug-likeness (QED) is 0.626. The Morgan fingerprint density at radius 1 is 0.967 bits per heavy atom. The molecule has 0 amide bonds. The molecule has 1 unspecified atom stereocenters. The van der Waals surface area contributed by atoms with Crippen LogP contribution in [0.3, 0.4) is 0 Å². The molecule has 0 bridgehead atoms. The van der Waals surface area contributed by atoms with Gasteiger partial charge in [-0.15, -0.1) is 0 Å². The first-order valence-electron chi connectivity index (χ1n) is 8.97. The lowest BCUT2D eigenvalue weighted by Crippen LogP contribution is -2.53. The Labute approximate surface area is 170 Å². The number of rotatable bonds is 1. The molecule has 0 spiro atoms. The standard InChI is InChI=1S/C23H12N4O3/c24-10-22(11-25)18(14-4-2-1-3-5-14)9-17-16-7-6-15(28)8-19(16)30-21(29)20(17)23(22,12-26)13-27/h1-8,18,28H,9H2. The summed E-state index contributed by atoms with van der Waals surface area (Å²) < 4.78 is 5.29. The van der Waals surface area contributed by atoms with Crippen LogP contribution < -0.4 is 5.63 Å². The molecule has 3 aromatic rings. The number of hydrogen-bond donors (Lipinski definition) is 1. The molecule has 1 aliphatic carbocycles. The van der Waals surface area contributed by atoms with E-state index in [0.717, 1.165) is 0 Å². The molecule has 7 heteroatoms. The van der Waals surface area contributed by atoms with Gasteiger partial charge in [-0.05, 0) is 29.7 Å². The van der Waals surface area contributed by atoms with Crippen molar-refractivity contribution in [2.24, 2.45) is 5.41 Å². The van der Waals surface area contributed by atoms with Crippen LogP contribution in [0.4, 0.5) is 0 Å². The van der Waals surface area contributed by atoms with Crippen molar-refractivity contribution in [3.05, 3.63) is 75.6 Å². The number of hydrogen-bond acceptors (Lipinski definition) is 7. The third-order valence-corrected chi connectivity index (χ3v) is 5.79. The molecule has 30 heavy (non-hydrogen) atoms. The number of nitriles is 4. The maximum atomic E-state index is 12.9. The predicted molar refractivity (Wildman–Crippen MR) is 104 cm³/mol. The van der Waals surface area contributed by atoms with Gasteiger partial charge in [0, 0.05) is 17.4 Å². The lowest BCUT2D eigenvalue weighted by atomic mass is 9.50. The van der Waals surface area contributed by atoms with Crippen molar-refractivity contribution in [1.29, 1.82) is 21.0 Å². The highest BCUT2D eigenvalue weighted by Crippen LogP contribution is 2.56. The van der Waals surface area contributed by atoms with Crippen LogP contribution in [0.1, 0.15) is 22.6 Å². The monoisotopic (exact) mass is 392 g/mol. The van der Waals surface area contributed by atoms with E-state index >= 15 is 0 Å². The van der Waals surface area contributed by atoms with Crippen LogP contribution >= 0.6 is 0 Å². The van der Waals surface area contributed by atoms with Crippen molar-refractivity contribution in [2.75, 3.05) is 0 Å². The van der Waals surface area contributed by atoms with Gasteiger partial charge in [0.05, 0.1) is 29.8 Å². The molecule has 0 saturated carbocycles. The molecule has 7 nitrogen and oxygen atoms in total. The summed E-state index contributed by atoms with van der Waals surface area (Å²) in [6.07, 6.45) is 0.0679. The van der Waals surface area contributed by atoms with E-state index in [-0.39, 0.29) is 23.3 Å². The Morgan fingerprint density at radius 3 is 2.23 bits per heavy atom. The summed E-state index contributed by atoms with van der Waals surface area (Å²) in [6.45, 7) is 0. The smallest absolute Gasteiger partial charge is 0.342 e. The highest BCUT2D eigenvalue weighted by atomic mass is 16.4. The van der Waals surface area contributed by atoms with Gasteiger partial charge in [0.1, 0.15) is 11.3 Å². The van der Waals surface area contributed by atoms with Crippen LogP contribution in [0.15, 0.2) is 57.7 Å². The van der Waals surface area contributed by atoms with E-state index in [1.807, 2.05) is 24.3 Å². The summed E-state index contributed by atoms with van der Waals surface area (Å²) in [7, 11) is 0. The van der Waals surface area contributed by atoms with E-state index in [1.54, 1.807) is 30.3 Å². The first-order valence-corrected chi connectivity index (χ1v) is 8.97. The topological polar surface area (TPSA) is 146 Å². The number of nitrogens with zero attached hydrogens (tertiary/aromatic N) is 4. The van der Waals surface area contributed by atoms with E-state index in [0.29, 0.717) is 16.5 Å². The molecule has 1 N–H and O–H groups in total. The Hall–Kier alpha value is -4.59. The molecule has 1 aromatic heterocycles. The van der Waals surface area contributed by atoms with Gasteiger partial charge in [-0.3, -0.25) is 0 Å². The van der Waals surface area contributed by atoms with Gasteiger partial charge >= 0.3 is 5.63 Å². The zero-order valence-corrected chi connectivity index (χ0v) is 15.5. The first-order chi connectivity index (χ1) is 14.5. The lowest BCUT2D eigenvalue weighted by Gasteiger charge is -2.42. The Morgan fingerprint density at radius 2 is 1.63 bits per heavy atom. The number of phenolic OH excluding ortho intramolecular Hbond substituents is 1. The van der Waals surface area contributed by atoms with Crippen LogP contribution in [0.25, 0.3) is 11.0 Å². The summed E-state index contributed by atoms with van der Waals surface area (Å²) in [5, 5.41) is 50.6. The molecule has 4 rings (SSSR count). The number of phenols is 1. The van der Waals surface area contributed by atoms with Crippen LogP contribution in [-0.2, 0) is 11.8 Å². The molecule has 1 aliphatic rings. The van der Waals surface area contributed by atoms with Gasteiger partial charge in [-0.1, -0.05) is 30.3 Å². The van der Waals surface area contributed by atoms with E-state index in [9.17, 15) is 30.9 Å². The summed E-state index contributed by atoms with van der Waals surface area (Å²) in [6, 6.07) is 20.3. The van der Waals surface area contributed by atoms with Crippen molar-refractivity contribution in [3.8, 4) is 30.0 Å². The second kappa shape index (κ2) is 6.49. The molecule has 0 radical (unpaired) electrons. The third-order valence-electron chi connectivity index (χ3n) is 5.79. The fourth-order valence-electron chi connectivity index (χ4n) is 4.38. The largest absolute Gasteiger partial charge is 0.508 e. The van der Waals surface area contributed by atoms with Crippen molar-refractivity contribution in [1.82, 2.24) is 0 Å². The summed E-state index contributed by atoms with van der Waals surface area (Å²) in [5.74, 6) is -0.962. The minimum atomic E-state index is -2.36. The zero-order chi connectivity index (χ0) is 21.5. The minimum Gasteiger partial charge on any atom is -0.508 e. The second-order valence-electron chi connectivity index (χ2n) is 7.10. The van der Waals surface area contributed by atoms with Gasteiger partial charge in [0.25, 0.3) is 0 Å². The first kappa shape index (κ1) is 18.8. The van der Waals surface area contributed by atoms with Gasteiger partial charge in [-0.2, -0.15) is 21.0 Å². The van der Waals surface area contributed by atoms with Crippen LogP contribution in [0, 0.1) is 50.7 Å². The van der Waals surface area contributed by atoms with Crippen molar-refractivity contribution in [3.63, 3.8) is 0 Å². The van der Waals surface area contributed by atoms with Crippen molar-refractivity contribution in [2.45, 2.75) is 17.8 Å². The molecule has 2 aromatic carbocycles. The van der Waals surface area contributed by atoms with Crippen molar-refractivity contribution < 1.29 is 9.52 Å². The average Bonchev–Trinajstić information content (AvgIpc) is 2.78. The second-order valence-corrected chi connectivity index (χ2v) is 7.10. The summed E-state index contributed by atoms with van der Waals surface area (Å²) >= 11 is 0. The summed E-state index contributed by atoms with van der Waals surface area (Å²) in [5.41, 5.74) is -4.72. The van der Waals surface area contributed by atoms with Crippen molar-refractivity contribution >= 4 is 11.0 Å². The third kappa shape index (κ3) is 2.18. The maximum Gasteiger partial charge on any atom is 0.342 e. The van der Waals surface area contributed by atoms with E-state index in [1.165, 1.54) is 18.2 Å². The van der Waals surface area contributed by atoms with Gasteiger partial charge in [-0.25, -0.2) is 4.79 Å². The van der Waals surface area contributed by atoms with Crippen LogP contribution in [-0.4, -0.2) is 5.11 Å². The van der Waals surface area contributed by atoms with Crippen LogP contribution in [0.2, 0.25) is 0 Å². The number of aromatic hydroxyl groups is 1. The average molecular weight is 392 g/mol. The Kier molecular flexibility index (Phi) is 4.06. The van der Waals surface area contributed by atoms with Gasteiger partial charge in [0.2, 0.25) is 5.41 Å². The highest BCUT2D eigenvalue weighted by Gasteiger charge is 2.65. The predicted octanol–water partition coefficient (Wildman–Crippen LogP) is 3.16. The normalized spacial score (nSPS) is 18.2. The fourth-order valence-corrected chi connectivity index (χ4v) is 4.38. The molecular formula is C23H12N4O3. The van der Waals surface area contributed by atoms with Gasteiger partial charge < -0.3 is 9.52 Å². The molecule has 1 atom stereocenters. The Bertz CT molecular complexity index is 1380. The number of benzene rings is 2. The molecule has 0 fully saturated rings. The number of fused-ring (bicyclic) bond motifs is 3. The Balaban J connectivity index is 2.21. The minimum absolute atomic E-state index is 0.0679. The lowest BCUT2D eigenvalue weighted by molar-refractivity contribution is 0.287. The molecule has 142 valence electrons. The van der Waals surface area contributed by atoms with Crippen LogP contribution in [0.5, 0.6) is 5.75 Å². The molecule has 1 heterocycles. The molecular weight excluding hydrogens is 380 g/mol. The van der Waals surface area contributed by atoms with E-state index in [2.05, 4.69) is 0 Å². The SMILES string of the molecule is N#CC1(C#N)c2c(c3ccc(O)cc3oc2=O)CC(c2ccccc2)C1(C#N)C#N. The molecule has 0 saturated heterocycles. The maximum absolute atomic E-state index is 12.9.